The van der Waals surface area contributed by atoms with Gasteiger partial charge in [0.1, 0.15) is 0 Å². The predicted molar refractivity (Wildman–Crippen MR) is 86.7 cm³/mol. The van der Waals surface area contributed by atoms with Crippen LogP contribution < -0.4 is 14.8 Å². The fourth-order valence-electron chi connectivity index (χ4n) is 2.08. The van der Waals surface area contributed by atoms with Crippen LogP contribution in [0.3, 0.4) is 0 Å². The molecule has 0 spiro atoms. The number of rotatable bonds is 6. The minimum absolute atomic E-state index is 0.179. The number of pyridine rings is 1. The van der Waals surface area contributed by atoms with Crippen LogP contribution in [0.1, 0.15) is 24.2 Å². The predicted octanol–water partition coefficient (Wildman–Crippen LogP) is 3.71. The van der Waals surface area contributed by atoms with Gasteiger partial charge in [-0.1, -0.05) is 6.07 Å². The number of methoxy groups -OCH3 is 2. The molecule has 5 heteroatoms. The third-order valence-corrected chi connectivity index (χ3v) is 3.83. The van der Waals surface area contributed by atoms with Gasteiger partial charge in [0.2, 0.25) is 0 Å². The maximum absolute atomic E-state index is 5.35. The van der Waals surface area contributed by atoms with Gasteiger partial charge in [0, 0.05) is 18.8 Å². The van der Waals surface area contributed by atoms with Crippen LogP contribution in [0, 0.1) is 0 Å². The molecule has 0 aliphatic rings. The Bertz CT molecular complexity index is 590. The molecule has 21 heavy (non-hydrogen) atoms. The lowest BCUT2D eigenvalue weighted by Gasteiger charge is -2.15. The van der Waals surface area contributed by atoms with Gasteiger partial charge in [0.05, 0.1) is 24.4 Å². The molecule has 0 bridgehead atoms. The van der Waals surface area contributed by atoms with Crippen molar-refractivity contribution in [2.45, 2.75) is 19.5 Å². The Hall–Kier alpha value is -1.59. The molecule has 1 aromatic heterocycles. The first-order chi connectivity index (χ1) is 10.2. The number of nitrogens with zero attached hydrogens (tertiary/aromatic N) is 1. The molecule has 1 atom stereocenters. The van der Waals surface area contributed by atoms with Crippen molar-refractivity contribution in [1.29, 1.82) is 0 Å². The quantitative estimate of drug-likeness (QED) is 0.862. The molecule has 0 saturated heterocycles. The van der Waals surface area contributed by atoms with E-state index in [1.165, 1.54) is 0 Å². The monoisotopic (exact) mass is 350 g/mol. The number of nitrogens with one attached hydrogen (secondary N) is 1. The molecular formula is C16H19BrN2O2. The summed E-state index contributed by atoms with van der Waals surface area (Å²) in [6.07, 6.45) is 1.81. The fraction of sp³-hybridized carbons (Fsp3) is 0.312. The summed E-state index contributed by atoms with van der Waals surface area (Å²) in [6, 6.07) is 10.1. The number of aromatic nitrogens is 1. The molecule has 0 saturated carbocycles. The maximum Gasteiger partial charge on any atom is 0.174 e. The van der Waals surface area contributed by atoms with Gasteiger partial charge in [-0.15, -0.1) is 0 Å². The van der Waals surface area contributed by atoms with Gasteiger partial charge in [0.15, 0.2) is 11.5 Å². The molecule has 0 radical (unpaired) electrons. The van der Waals surface area contributed by atoms with Gasteiger partial charge in [-0.05, 0) is 52.7 Å². The van der Waals surface area contributed by atoms with Gasteiger partial charge in [-0.2, -0.15) is 0 Å². The van der Waals surface area contributed by atoms with Crippen LogP contribution in [0.4, 0.5) is 0 Å². The topological polar surface area (TPSA) is 43.4 Å². The molecule has 0 aliphatic heterocycles. The minimum Gasteiger partial charge on any atom is -0.493 e. The average Bonchev–Trinajstić information content (AvgIpc) is 2.52. The third-order valence-electron chi connectivity index (χ3n) is 3.24. The van der Waals surface area contributed by atoms with Crippen molar-refractivity contribution < 1.29 is 9.47 Å². The molecule has 2 rings (SSSR count). The molecule has 0 aliphatic carbocycles. The lowest BCUT2D eigenvalue weighted by molar-refractivity contribution is 0.352. The van der Waals surface area contributed by atoms with Crippen LogP contribution in [-0.2, 0) is 6.54 Å². The average molecular weight is 351 g/mol. The van der Waals surface area contributed by atoms with Crippen molar-refractivity contribution in [2.75, 3.05) is 14.2 Å². The van der Waals surface area contributed by atoms with Crippen molar-refractivity contribution in [2.24, 2.45) is 0 Å². The van der Waals surface area contributed by atoms with E-state index >= 15 is 0 Å². The van der Waals surface area contributed by atoms with E-state index in [4.69, 9.17) is 9.47 Å². The van der Waals surface area contributed by atoms with E-state index in [0.717, 1.165) is 22.3 Å². The van der Waals surface area contributed by atoms with E-state index in [2.05, 4.69) is 33.2 Å². The molecule has 112 valence electrons. The Morgan fingerprint density at radius 1 is 1.24 bits per heavy atom. The molecule has 4 nitrogen and oxygen atoms in total. The van der Waals surface area contributed by atoms with Crippen LogP contribution in [0.2, 0.25) is 0 Å². The second-order valence-corrected chi connectivity index (χ2v) is 5.52. The summed E-state index contributed by atoms with van der Waals surface area (Å²) < 4.78 is 11.5. The summed E-state index contributed by atoms with van der Waals surface area (Å²) >= 11 is 3.51. The highest BCUT2D eigenvalue weighted by molar-refractivity contribution is 9.10. The molecule has 2 aromatic rings. The summed E-state index contributed by atoms with van der Waals surface area (Å²) in [5.74, 6) is 1.42. The second kappa shape index (κ2) is 7.43. The van der Waals surface area contributed by atoms with Crippen molar-refractivity contribution in [3.8, 4) is 11.5 Å². The van der Waals surface area contributed by atoms with Crippen molar-refractivity contribution in [3.63, 3.8) is 0 Å². The third kappa shape index (κ3) is 3.95. The van der Waals surface area contributed by atoms with E-state index in [9.17, 15) is 0 Å². The van der Waals surface area contributed by atoms with E-state index in [0.29, 0.717) is 11.5 Å². The highest BCUT2D eigenvalue weighted by Gasteiger charge is 2.11. The SMILES string of the molecule is COc1cc(CN[C@H](C)c2ccccn2)cc(Br)c1OC. The first-order valence-electron chi connectivity index (χ1n) is 6.70. The van der Waals surface area contributed by atoms with Crippen molar-refractivity contribution >= 4 is 15.9 Å². The molecular weight excluding hydrogens is 332 g/mol. The zero-order valence-electron chi connectivity index (χ0n) is 12.4. The second-order valence-electron chi connectivity index (χ2n) is 4.67. The zero-order chi connectivity index (χ0) is 15.2. The van der Waals surface area contributed by atoms with Gasteiger partial charge in [0.25, 0.3) is 0 Å². The number of benzene rings is 1. The van der Waals surface area contributed by atoms with Crippen LogP contribution in [0.25, 0.3) is 0 Å². The van der Waals surface area contributed by atoms with E-state index in [1.54, 1.807) is 20.4 Å². The molecule has 1 heterocycles. The highest BCUT2D eigenvalue weighted by atomic mass is 79.9. The molecule has 0 unspecified atom stereocenters. The summed E-state index contributed by atoms with van der Waals surface area (Å²) in [6.45, 7) is 2.81. The lowest BCUT2D eigenvalue weighted by Crippen LogP contribution is -2.19. The Kier molecular flexibility index (Phi) is 5.59. The van der Waals surface area contributed by atoms with Gasteiger partial charge >= 0.3 is 0 Å². The standard InChI is InChI=1S/C16H19BrN2O2/c1-11(14-6-4-5-7-18-14)19-10-12-8-13(17)16(21-3)15(9-12)20-2/h4-9,11,19H,10H2,1-3H3/t11-/m1/s1. The first kappa shape index (κ1) is 15.8. The highest BCUT2D eigenvalue weighted by Crippen LogP contribution is 2.36. The smallest absolute Gasteiger partial charge is 0.174 e. The molecule has 1 N–H and O–H groups in total. The molecule has 0 fully saturated rings. The summed E-state index contributed by atoms with van der Waals surface area (Å²) in [5, 5.41) is 3.45. The van der Waals surface area contributed by atoms with Crippen molar-refractivity contribution in [1.82, 2.24) is 10.3 Å². The van der Waals surface area contributed by atoms with Gasteiger partial charge in [-0.3, -0.25) is 4.98 Å². The Morgan fingerprint density at radius 2 is 2.05 bits per heavy atom. The maximum atomic E-state index is 5.35. The summed E-state index contributed by atoms with van der Waals surface area (Å²) in [4.78, 5) is 4.35. The van der Waals surface area contributed by atoms with Crippen LogP contribution in [-0.4, -0.2) is 19.2 Å². The Labute approximate surface area is 133 Å². The van der Waals surface area contributed by atoms with E-state index in [1.807, 2.05) is 30.3 Å². The number of ether oxygens (including phenoxy) is 2. The number of halogens is 1. The van der Waals surface area contributed by atoms with Crippen LogP contribution in [0.5, 0.6) is 11.5 Å². The summed E-state index contributed by atoms with van der Waals surface area (Å²) in [5.41, 5.74) is 2.14. The normalized spacial score (nSPS) is 12.0. The largest absolute Gasteiger partial charge is 0.493 e. The van der Waals surface area contributed by atoms with E-state index < -0.39 is 0 Å². The number of hydrogen-bond acceptors (Lipinski definition) is 4. The zero-order valence-corrected chi connectivity index (χ0v) is 14.0. The van der Waals surface area contributed by atoms with Gasteiger partial charge in [-0.25, -0.2) is 0 Å². The molecule has 1 aromatic carbocycles. The first-order valence-corrected chi connectivity index (χ1v) is 7.49. The Balaban J connectivity index is 2.08. The van der Waals surface area contributed by atoms with E-state index in [-0.39, 0.29) is 6.04 Å². The number of hydrogen-bond donors (Lipinski definition) is 1. The fourth-order valence-corrected chi connectivity index (χ4v) is 2.73. The molecule has 0 amide bonds. The van der Waals surface area contributed by atoms with Crippen molar-refractivity contribution in [3.05, 3.63) is 52.3 Å². The minimum atomic E-state index is 0.179. The van der Waals surface area contributed by atoms with Crippen LogP contribution in [0.15, 0.2) is 41.0 Å². The summed E-state index contributed by atoms with van der Waals surface area (Å²) in [7, 11) is 3.27. The van der Waals surface area contributed by atoms with Crippen LogP contribution >= 0.6 is 15.9 Å². The van der Waals surface area contributed by atoms with Gasteiger partial charge < -0.3 is 14.8 Å². The Morgan fingerprint density at radius 3 is 2.67 bits per heavy atom. The lowest BCUT2D eigenvalue weighted by atomic mass is 10.1.